The van der Waals surface area contributed by atoms with Gasteiger partial charge in [-0.05, 0) is 38.1 Å². The average Bonchev–Trinajstić information content (AvgIpc) is 2.65. The van der Waals surface area contributed by atoms with E-state index in [0.717, 1.165) is 18.9 Å². The van der Waals surface area contributed by atoms with Gasteiger partial charge < -0.3 is 10.4 Å². The molecular formula is C12H23NO. The standard InChI is InChI=1S/C12H23NO/c1-2-9-6-7-13-11(8-9)10-4-3-5-12(10)14/h9-14H,2-8H2,1H3. The van der Waals surface area contributed by atoms with E-state index in [1.165, 1.54) is 32.1 Å². The highest BCUT2D eigenvalue weighted by molar-refractivity contribution is 4.90. The predicted octanol–water partition coefficient (Wildman–Crippen LogP) is 1.93. The fraction of sp³-hybridized carbons (Fsp3) is 1.00. The summed E-state index contributed by atoms with van der Waals surface area (Å²) in [7, 11) is 0. The Morgan fingerprint density at radius 3 is 2.79 bits per heavy atom. The Hall–Kier alpha value is -0.0800. The molecule has 1 saturated carbocycles. The molecule has 0 aromatic carbocycles. The molecule has 2 rings (SSSR count). The third kappa shape index (κ3) is 2.12. The summed E-state index contributed by atoms with van der Waals surface area (Å²) in [6, 6.07) is 0.603. The van der Waals surface area contributed by atoms with Crippen LogP contribution in [0.4, 0.5) is 0 Å². The van der Waals surface area contributed by atoms with E-state index in [1.54, 1.807) is 0 Å². The van der Waals surface area contributed by atoms with Gasteiger partial charge in [-0.3, -0.25) is 0 Å². The van der Waals surface area contributed by atoms with Crippen molar-refractivity contribution in [3.8, 4) is 0 Å². The quantitative estimate of drug-likeness (QED) is 0.709. The van der Waals surface area contributed by atoms with Crippen LogP contribution in [0.25, 0.3) is 0 Å². The molecular weight excluding hydrogens is 174 g/mol. The van der Waals surface area contributed by atoms with Gasteiger partial charge in [-0.2, -0.15) is 0 Å². The summed E-state index contributed by atoms with van der Waals surface area (Å²) < 4.78 is 0. The molecule has 82 valence electrons. The maximum absolute atomic E-state index is 9.86. The normalized spacial score (nSPS) is 44.1. The first-order valence-corrected chi connectivity index (χ1v) is 6.22. The molecule has 0 amide bonds. The summed E-state index contributed by atoms with van der Waals surface area (Å²) in [5.41, 5.74) is 0. The van der Waals surface area contributed by atoms with Crippen LogP contribution in [0.3, 0.4) is 0 Å². The van der Waals surface area contributed by atoms with E-state index in [1.807, 2.05) is 0 Å². The van der Waals surface area contributed by atoms with E-state index in [0.29, 0.717) is 12.0 Å². The Morgan fingerprint density at radius 1 is 1.29 bits per heavy atom. The minimum Gasteiger partial charge on any atom is -0.393 e. The SMILES string of the molecule is CCC1CCNC(C2CCCC2O)C1. The maximum Gasteiger partial charge on any atom is 0.0583 e. The molecule has 2 N–H and O–H groups in total. The zero-order valence-electron chi connectivity index (χ0n) is 9.21. The molecule has 4 unspecified atom stereocenters. The Bertz CT molecular complexity index is 183. The summed E-state index contributed by atoms with van der Waals surface area (Å²) in [4.78, 5) is 0. The summed E-state index contributed by atoms with van der Waals surface area (Å²) >= 11 is 0. The van der Waals surface area contributed by atoms with Crippen LogP contribution in [-0.2, 0) is 0 Å². The van der Waals surface area contributed by atoms with E-state index < -0.39 is 0 Å². The first-order chi connectivity index (χ1) is 6.81. The lowest BCUT2D eigenvalue weighted by molar-refractivity contribution is 0.0920. The van der Waals surface area contributed by atoms with Gasteiger partial charge in [-0.15, -0.1) is 0 Å². The third-order valence-corrected chi connectivity index (χ3v) is 4.17. The number of hydrogen-bond acceptors (Lipinski definition) is 2. The molecule has 1 aliphatic carbocycles. The molecule has 2 fully saturated rings. The summed E-state index contributed by atoms with van der Waals surface area (Å²) in [6.45, 7) is 3.45. The van der Waals surface area contributed by atoms with Crippen LogP contribution in [0, 0.1) is 11.8 Å². The van der Waals surface area contributed by atoms with Crippen molar-refractivity contribution in [2.75, 3.05) is 6.54 Å². The molecule has 0 spiro atoms. The number of nitrogens with one attached hydrogen (secondary N) is 1. The number of hydrogen-bond donors (Lipinski definition) is 2. The van der Waals surface area contributed by atoms with Gasteiger partial charge in [0.1, 0.15) is 0 Å². The van der Waals surface area contributed by atoms with Gasteiger partial charge in [0.15, 0.2) is 0 Å². The Labute approximate surface area is 87.1 Å². The Morgan fingerprint density at radius 2 is 2.14 bits per heavy atom. The van der Waals surface area contributed by atoms with Gasteiger partial charge in [-0.25, -0.2) is 0 Å². The van der Waals surface area contributed by atoms with Crippen LogP contribution in [0.15, 0.2) is 0 Å². The van der Waals surface area contributed by atoms with Crippen molar-refractivity contribution < 1.29 is 5.11 Å². The molecule has 1 saturated heterocycles. The van der Waals surface area contributed by atoms with Gasteiger partial charge in [0.25, 0.3) is 0 Å². The number of aliphatic hydroxyl groups excluding tert-OH is 1. The van der Waals surface area contributed by atoms with Crippen LogP contribution in [0.2, 0.25) is 0 Å². The highest BCUT2D eigenvalue weighted by Gasteiger charge is 2.34. The minimum absolute atomic E-state index is 0.0249. The highest BCUT2D eigenvalue weighted by Crippen LogP contribution is 2.33. The molecule has 1 aliphatic heterocycles. The van der Waals surface area contributed by atoms with Crippen molar-refractivity contribution in [1.29, 1.82) is 0 Å². The lowest BCUT2D eigenvalue weighted by Crippen LogP contribution is -2.45. The van der Waals surface area contributed by atoms with Gasteiger partial charge >= 0.3 is 0 Å². The van der Waals surface area contributed by atoms with E-state index in [4.69, 9.17) is 0 Å². The van der Waals surface area contributed by atoms with Crippen LogP contribution in [0.1, 0.15) is 45.4 Å². The molecule has 0 bridgehead atoms. The van der Waals surface area contributed by atoms with Crippen molar-refractivity contribution in [2.24, 2.45) is 11.8 Å². The minimum atomic E-state index is -0.0249. The second kappa shape index (κ2) is 4.63. The molecule has 4 atom stereocenters. The molecule has 2 heteroatoms. The molecule has 14 heavy (non-hydrogen) atoms. The van der Waals surface area contributed by atoms with E-state index in [2.05, 4.69) is 12.2 Å². The molecule has 2 aliphatic rings. The number of piperidine rings is 1. The smallest absolute Gasteiger partial charge is 0.0583 e. The van der Waals surface area contributed by atoms with Crippen molar-refractivity contribution in [1.82, 2.24) is 5.32 Å². The zero-order chi connectivity index (χ0) is 9.97. The summed E-state index contributed by atoms with van der Waals surface area (Å²) in [5.74, 6) is 1.44. The van der Waals surface area contributed by atoms with Gasteiger partial charge in [0, 0.05) is 12.0 Å². The molecule has 2 nitrogen and oxygen atoms in total. The lowest BCUT2D eigenvalue weighted by Gasteiger charge is -2.35. The highest BCUT2D eigenvalue weighted by atomic mass is 16.3. The van der Waals surface area contributed by atoms with Crippen molar-refractivity contribution >= 4 is 0 Å². The first-order valence-electron chi connectivity index (χ1n) is 6.22. The first kappa shape index (κ1) is 10.4. The van der Waals surface area contributed by atoms with Crippen LogP contribution >= 0.6 is 0 Å². The topological polar surface area (TPSA) is 32.3 Å². The Balaban J connectivity index is 1.90. The van der Waals surface area contributed by atoms with Crippen LogP contribution in [-0.4, -0.2) is 23.8 Å². The van der Waals surface area contributed by atoms with Crippen LogP contribution < -0.4 is 5.32 Å². The van der Waals surface area contributed by atoms with E-state index in [9.17, 15) is 5.11 Å². The van der Waals surface area contributed by atoms with Gasteiger partial charge in [-0.1, -0.05) is 19.8 Å². The van der Waals surface area contributed by atoms with E-state index in [-0.39, 0.29) is 6.10 Å². The second-order valence-corrected chi connectivity index (χ2v) is 5.02. The third-order valence-electron chi connectivity index (χ3n) is 4.17. The van der Waals surface area contributed by atoms with E-state index >= 15 is 0 Å². The fourth-order valence-electron chi connectivity index (χ4n) is 3.17. The summed E-state index contributed by atoms with van der Waals surface area (Å²) in [5, 5.41) is 13.5. The Kier molecular flexibility index (Phi) is 3.45. The molecule has 0 aromatic rings. The van der Waals surface area contributed by atoms with Crippen molar-refractivity contribution in [3.05, 3.63) is 0 Å². The van der Waals surface area contributed by atoms with Gasteiger partial charge in [0.2, 0.25) is 0 Å². The largest absolute Gasteiger partial charge is 0.393 e. The van der Waals surface area contributed by atoms with Gasteiger partial charge in [0.05, 0.1) is 6.10 Å². The summed E-state index contributed by atoms with van der Waals surface area (Å²) in [6.07, 6.45) is 7.38. The second-order valence-electron chi connectivity index (χ2n) is 5.02. The molecule has 1 heterocycles. The monoisotopic (exact) mass is 197 g/mol. The van der Waals surface area contributed by atoms with Crippen molar-refractivity contribution in [3.63, 3.8) is 0 Å². The zero-order valence-corrected chi connectivity index (χ0v) is 9.21. The average molecular weight is 197 g/mol. The molecule has 0 aromatic heterocycles. The molecule has 0 radical (unpaired) electrons. The van der Waals surface area contributed by atoms with Crippen molar-refractivity contribution in [2.45, 2.75) is 57.6 Å². The van der Waals surface area contributed by atoms with Crippen LogP contribution in [0.5, 0.6) is 0 Å². The number of aliphatic hydroxyl groups is 1. The maximum atomic E-state index is 9.86. The lowest BCUT2D eigenvalue weighted by atomic mass is 9.83. The number of rotatable bonds is 2. The predicted molar refractivity (Wildman–Crippen MR) is 58.2 cm³/mol. The fourth-order valence-corrected chi connectivity index (χ4v) is 3.17.